The fourth-order valence-electron chi connectivity index (χ4n) is 4.12. The first-order chi connectivity index (χ1) is 12.2. The highest BCUT2D eigenvalue weighted by atomic mass is 16.5. The monoisotopic (exact) mass is 351 g/mol. The van der Waals surface area contributed by atoms with Crippen molar-refractivity contribution < 1.29 is 4.74 Å². The molecule has 2 saturated heterocycles. The molecular weight excluding hydrogens is 314 g/mol. The molecule has 0 amide bonds. The second-order valence-corrected chi connectivity index (χ2v) is 8.09. The molecule has 0 aromatic heterocycles. The van der Waals surface area contributed by atoms with E-state index in [-0.39, 0.29) is 0 Å². The molecule has 0 aromatic rings. The Morgan fingerprint density at radius 3 is 2.72 bits per heavy atom. The first-order valence-electron chi connectivity index (χ1n) is 10.3. The Morgan fingerprint density at radius 2 is 2.04 bits per heavy atom. The molecule has 1 aliphatic carbocycles. The van der Waals surface area contributed by atoms with E-state index < -0.39 is 0 Å². The fraction of sp³-hybridized carbons (Fsp3) is 0.947. The van der Waals surface area contributed by atoms with E-state index in [1.165, 1.54) is 25.8 Å². The predicted molar refractivity (Wildman–Crippen MR) is 103 cm³/mol. The van der Waals surface area contributed by atoms with Crippen LogP contribution in [-0.2, 0) is 4.74 Å². The molecule has 3 unspecified atom stereocenters. The third-order valence-corrected chi connectivity index (χ3v) is 5.56. The van der Waals surface area contributed by atoms with E-state index in [4.69, 9.17) is 9.73 Å². The number of guanidine groups is 1. The second-order valence-electron chi connectivity index (χ2n) is 8.09. The molecule has 144 valence electrons. The highest BCUT2D eigenvalue weighted by Gasteiger charge is 2.38. The van der Waals surface area contributed by atoms with Crippen LogP contribution in [0.2, 0.25) is 0 Å². The van der Waals surface area contributed by atoms with E-state index in [1.807, 2.05) is 0 Å². The maximum Gasteiger partial charge on any atom is 0.191 e. The van der Waals surface area contributed by atoms with Gasteiger partial charge in [0.2, 0.25) is 0 Å². The molecule has 3 aliphatic rings. The van der Waals surface area contributed by atoms with E-state index in [9.17, 15) is 0 Å². The summed E-state index contributed by atoms with van der Waals surface area (Å²) in [5.74, 6) is 1.56. The van der Waals surface area contributed by atoms with Gasteiger partial charge in [0.15, 0.2) is 5.96 Å². The van der Waals surface area contributed by atoms with Gasteiger partial charge in [0.05, 0.1) is 13.2 Å². The third kappa shape index (κ3) is 5.83. The van der Waals surface area contributed by atoms with Gasteiger partial charge in [-0.25, -0.2) is 0 Å². The van der Waals surface area contributed by atoms with Gasteiger partial charge in [0.25, 0.3) is 0 Å². The molecule has 1 saturated carbocycles. The lowest BCUT2D eigenvalue weighted by Gasteiger charge is -2.28. The van der Waals surface area contributed by atoms with Gasteiger partial charge >= 0.3 is 0 Å². The molecule has 6 heteroatoms. The van der Waals surface area contributed by atoms with Crippen molar-refractivity contribution in [1.29, 1.82) is 0 Å². The largest absolute Gasteiger partial charge is 0.379 e. The van der Waals surface area contributed by atoms with E-state index >= 15 is 0 Å². The molecule has 2 heterocycles. The number of rotatable bonds is 7. The number of hydrogen-bond acceptors (Lipinski definition) is 4. The predicted octanol–water partition coefficient (Wildman–Crippen LogP) is 1.14. The number of nitrogens with zero attached hydrogens (tertiary/aromatic N) is 3. The lowest BCUT2D eigenvalue weighted by Crippen LogP contribution is -2.45. The Hall–Kier alpha value is -0.850. The molecular formula is C19H37N5O. The molecule has 3 rings (SSSR count). The van der Waals surface area contributed by atoms with Crippen LogP contribution in [0.5, 0.6) is 0 Å². The van der Waals surface area contributed by atoms with Gasteiger partial charge in [0.1, 0.15) is 0 Å². The van der Waals surface area contributed by atoms with Crippen molar-refractivity contribution in [3.8, 4) is 0 Å². The minimum atomic E-state index is 0.531. The summed E-state index contributed by atoms with van der Waals surface area (Å²) < 4.78 is 5.43. The number of morpholine rings is 1. The van der Waals surface area contributed by atoms with Crippen LogP contribution in [0, 0.1) is 5.92 Å². The number of hydrogen-bond donors (Lipinski definition) is 2. The van der Waals surface area contributed by atoms with E-state index in [0.717, 1.165) is 57.9 Å². The maximum atomic E-state index is 5.43. The number of aliphatic imine (C=N–C) groups is 1. The fourth-order valence-corrected chi connectivity index (χ4v) is 4.12. The van der Waals surface area contributed by atoms with Crippen molar-refractivity contribution in [1.82, 2.24) is 20.4 Å². The normalized spacial score (nSPS) is 30.4. The van der Waals surface area contributed by atoms with Crippen molar-refractivity contribution in [2.24, 2.45) is 10.9 Å². The van der Waals surface area contributed by atoms with Crippen LogP contribution in [0.25, 0.3) is 0 Å². The molecule has 0 radical (unpaired) electrons. The summed E-state index contributed by atoms with van der Waals surface area (Å²) in [5.41, 5.74) is 0. The Labute approximate surface area is 153 Å². The minimum Gasteiger partial charge on any atom is -0.379 e. The third-order valence-electron chi connectivity index (χ3n) is 5.56. The average molecular weight is 352 g/mol. The van der Waals surface area contributed by atoms with E-state index in [2.05, 4.69) is 41.2 Å². The lowest BCUT2D eigenvalue weighted by molar-refractivity contribution is 0.0323. The summed E-state index contributed by atoms with van der Waals surface area (Å²) in [6, 6.07) is 2.09. The van der Waals surface area contributed by atoms with E-state index in [0.29, 0.717) is 18.0 Å². The molecule has 3 fully saturated rings. The van der Waals surface area contributed by atoms with Crippen LogP contribution < -0.4 is 10.6 Å². The zero-order chi connectivity index (χ0) is 17.6. The van der Waals surface area contributed by atoms with Gasteiger partial charge in [0, 0.05) is 57.4 Å². The molecule has 3 atom stereocenters. The number of likely N-dealkylation sites (tertiary alicyclic amines) is 1. The van der Waals surface area contributed by atoms with Crippen LogP contribution >= 0.6 is 0 Å². The second kappa shape index (κ2) is 9.19. The SMILES string of the molecule is CCNC(=NCC(C)CN1CCOCC1)NC1CC(C)N(C2CC2)C1. The lowest BCUT2D eigenvalue weighted by atomic mass is 10.1. The summed E-state index contributed by atoms with van der Waals surface area (Å²) in [6.07, 6.45) is 4.01. The highest BCUT2D eigenvalue weighted by Crippen LogP contribution is 2.33. The quantitative estimate of drug-likeness (QED) is 0.532. The summed E-state index contributed by atoms with van der Waals surface area (Å²) >= 11 is 0. The molecule has 0 spiro atoms. The van der Waals surface area contributed by atoms with Crippen molar-refractivity contribution in [3.63, 3.8) is 0 Å². The summed E-state index contributed by atoms with van der Waals surface area (Å²) in [4.78, 5) is 10.0. The Bertz CT molecular complexity index is 434. The van der Waals surface area contributed by atoms with Crippen LogP contribution in [0.15, 0.2) is 4.99 Å². The minimum absolute atomic E-state index is 0.531. The van der Waals surface area contributed by atoms with Gasteiger partial charge in [-0.2, -0.15) is 0 Å². The molecule has 6 nitrogen and oxygen atoms in total. The van der Waals surface area contributed by atoms with Crippen LogP contribution in [-0.4, -0.2) is 86.4 Å². The summed E-state index contributed by atoms with van der Waals surface area (Å²) in [6.45, 7) is 14.7. The van der Waals surface area contributed by atoms with Gasteiger partial charge in [-0.1, -0.05) is 6.92 Å². The smallest absolute Gasteiger partial charge is 0.191 e. The molecule has 25 heavy (non-hydrogen) atoms. The Morgan fingerprint density at radius 1 is 1.28 bits per heavy atom. The molecule has 2 aliphatic heterocycles. The highest BCUT2D eigenvalue weighted by molar-refractivity contribution is 5.80. The molecule has 0 bridgehead atoms. The zero-order valence-corrected chi connectivity index (χ0v) is 16.3. The Kier molecular flexibility index (Phi) is 6.96. The molecule has 0 aromatic carbocycles. The zero-order valence-electron chi connectivity index (χ0n) is 16.3. The van der Waals surface area contributed by atoms with Crippen LogP contribution in [0.4, 0.5) is 0 Å². The van der Waals surface area contributed by atoms with Crippen molar-refractivity contribution in [2.75, 3.05) is 52.5 Å². The maximum absolute atomic E-state index is 5.43. The Balaban J connectivity index is 1.45. The summed E-state index contributed by atoms with van der Waals surface area (Å²) in [5, 5.41) is 7.11. The van der Waals surface area contributed by atoms with Crippen molar-refractivity contribution >= 4 is 5.96 Å². The topological polar surface area (TPSA) is 52.1 Å². The first-order valence-corrected chi connectivity index (χ1v) is 10.3. The standard InChI is InChI=1S/C19H37N5O/c1-4-20-19(21-12-15(2)13-23-7-9-25-10-8-23)22-17-11-16(3)24(14-17)18-5-6-18/h15-18H,4-14H2,1-3H3,(H2,20,21,22). The van der Waals surface area contributed by atoms with Crippen molar-refractivity contribution in [3.05, 3.63) is 0 Å². The van der Waals surface area contributed by atoms with Crippen LogP contribution in [0.1, 0.15) is 40.0 Å². The first kappa shape index (κ1) is 18.9. The number of nitrogens with one attached hydrogen (secondary N) is 2. The molecule has 2 N–H and O–H groups in total. The van der Waals surface area contributed by atoms with Gasteiger partial charge in [-0.3, -0.25) is 14.8 Å². The van der Waals surface area contributed by atoms with Gasteiger partial charge in [-0.15, -0.1) is 0 Å². The van der Waals surface area contributed by atoms with Gasteiger partial charge < -0.3 is 15.4 Å². The number of ether oxygens (including phenoxy) is 1. The van der Waals surface area contributed by atoms with Gasteiger partial charge in [-0.05, 0) is 39.0 Å². The van der Waals surface area contributed by atoms with E-state index in [1.54, 1.807) is 0 Å². The summed E-state index contributed by atoms with van der Waals surface area (Å²) in [7, 11) is 0. The van der Waals surface area contributed by atoms with Crippen LogP contribution in [0.3, 0.4) is 0 Å². The van der Waals surface area contributed by atoms with Crippen molar-refractivity contribution in [2.45, 2.75) is 58.2 Å². The average Bonchev–Trinajstić information content (AvgIpc) is 3.37.